The van der Waals surface area contributed by atoms with Crippen LogP contribution in [-0.2, 0) is 4.74 Å². The molecule has 0 fully saturated rings. The number of aromatic nitrogens is 2. The molecular formula is C16H16N3OS. The molecule has 4 rings (SSSR count). The monoisotopic (exact) mass is 298 g/mol. The van der Waals surface area contributed by atoms with Crippen LogP contribution in [0, 0.1) is 0 Å². The number of hydrogen-bond acceptors (Lipinski definition) is 3. The zero-order chi connectivity index (χ0) is 14.8. The number of hydrogen-bond donors (Lipinski definition) is 0. The van der Waals surface area contributed by atoms with E-state index in [4.69, 9.17) is 17.4 Å². The molecule has 21 heavy (non-hydrogen) atoms. The maximum atomic E-state index is 5.63. The van der Waals surface area contributed by atoms with Crippen LogP contribution in [-0.4, -0.2) is 22.2 Å². The van der Waals surface area contributed by atoms with E-state index in [2.05, 4.69) is 46.7 Å². The summed E-state index contributed by atoms with van der Waals surface area (Å²) >= 11 is 5.49. The Balaban J connectivity index is 2.08. The Morgan fingerprint density at radius 2 is 2.14 bits per heavy atom. The summed E-state index contributed by atoms with van der Waals surface area (Å²) in [6.07, 6.45) is 11.1. The van der Waals surface area contributed by atoms with Crippen molar-refractivity contribution >= 4 is 24.3 Å². The van der Waals surface area contributed by atoms with Gasteiger partial charge < -0.3 is 9.64 Å². The van der Waals surface area contributed by atoms with Gasteiger partial charge in [0.05, 0.1) is 19.0 Å². The largest absolute Gasteiger partial charge is 0.496 e. The average Bonchev–Trinajstić information content (AvgIpc) is 2.95. The number of nitrogens with zero attached hydrogens (tertiary/aromatic N) is 3. The molecule has 1 spiro atoms. The molecule has 0 saturated carbocycles. The number of ether oxygens (including phenoxy) is 1. The van der Waals surface area contributed by atoms with Crippen LogP contribution in [0.3, 0.4) is 0 Å². The molecule has 3 aliphatic rings. The van der Waals surface area contributed by atoms with E-state index in [0.717, 1.165) is 28.7 Å². The van der Waals surface area contributed by atoms with Gasteiger partial charge in [-0.3, -0.25) is 4.57 Å². The summed E-state index contributed by atoms with van der Waals surface area (Å²) in [6, 6.07) is 0. The molecule has 107 valence electrons. The molecule has 5 heteroatoms. The van der Waals surface area contributed by atoms with Gasteiger partial charge in [0, 0.05) is 18.2 Å². The Bertz CT molecular complexity index is 768. The van der Waals surface area contributed by atoms with Gasteiger partial charge in [0.15, 0.2) is 0 Å². The third-order valence-corrected chi connectivity index (χ3v) is 4.82. The van der Waals surface area contributed by atoms with Gasteiger partial charge in [-0.15, -0.1) is 0 Å². The minimum atomic E-state index is -0.220. The number of imidazole rings is 1. The first kappa shape index (κ1) is 12.7. The molecule has 0 bridgehead atoms. The van der Waals surface area contributed by atoms with E-state index in [1.54, 1.807) is 13.3 Å². The molecule has 1 aromatic heterocycles. The number of anilines is 1. The lowest BCUT2D eigenvalue weighted by Crippen LogP contribution is -2.45. The lowest BCUT2D eigenvalue weighted by molar-refractivity contribution is 0.290. The van der Waals surface area contributed by atoms with Crippen molar-refractivity contribution in [1.82, 2.24) is 9.55 Å². The second kappa shape index (κ2) is 4.01. The van der Waals surface area contributed by atoms with Gasteiger partial charge >= 0.3 is 0 Å². The predicted octanol–water partition coefficient (Wildman–Crippen LogP) is 3.64. The standard InChI is InChI=1S/C16H16N3OS/c1-10-8-16-6-4-5-7-18(16)15-17-9-12(21)19(15)14(16)11(2)13(10)20-3/h4-7,9H,8H2,1-3H3. The van der Waals surface area contributed by atoms with Crippen LogP contribution in [0.4, 0.5) is 5.95 Å². The van der Waals surface area contributed by atoms with Gasteiger partial charge in [-0.1, -0.05) is 24.8 Å². The van der Waals surface area contributed by atoms with Crippen LogP contribution in [0.5, 0.6) is 0 Å². The van der Waals surface area contributed by atoms with E-state index in [-0.39, 0.29) is 5.54 Å². The Morgan fingerprint density at radius 1 is 1.33 bits per heavy atom. The quantitative estimate of drug-likeness (QED) is 0.793. The van der Waals surface area contributed by atoms with Gasteiger partial charge in [-0.25, -0.2) is 4.98 Å². The van der Waals surface area contributed by atoms with Crippen molar-refractivity contribution in [3.05, 3.63) is 47.5 Å². The normalized spacial score (nSPS) is 26.1. The van der Waals surface area contributed by atoms with Crippen molar-refractivity contribution in [2.75, 3.05) is 12.0 Å². The first-order valence-electron chi connectivity index (χ1n) is 6.96. The Labute approximate surface area is 129 Å². The molecule has 1 atom stereocenters. The summed E-state index contributed by atoms with van der Waals surface area (Å²) < 4.78 is 7.70. The van der Waals surface area contributed by atoms with Crippen LogP contribution in [0.2, 0.25) is 0 Å². The minimum absolute atomic E-state index is 0.220. The van der Waals surface area contributed by atoms with Gasteiger partial charge in [0.2, 0.25) is 5.95 Å². The summed E-state index contributed by atoms with van der Waals surface area (Å²) in [4.78, 5) is 6.74. The van der Waals surface area contributed by atoms with E-state index < -0.39 is 0 Å². The van der Waals surface area contributed by atoms with Crippen molar-refractivity contribution < 1.29 is 4.74 Å². The second-order valence-electron chi connectivity index (χ2n) is 5.69. The van der Waals surface area contributed by atoms with E-state index in [1.165, 1.54) is 11.3 Å². The predicted molar refractivity (Wildman–Crippen MR) is 84.8 cm³/mol. The number of fused-ring (bicyclic) bond motifs is 3. The molecule has 0 saturated heterocycles. The van der Waals surface area contributed by atoms with Crippen molar-refractivity contribution in [2.24, 2.45) is 0 Å². The van der Waals surface area contributed by atoms with E-state index in [1.807, 2.05) is 6.08 Å². The molecule has 2 aliphatic heterocycles. The first-order chi connectivity index (χ1) is 10.1. The molecular weight excluding hydrogens is 282 g/mol. The zero-order valence-corrected chi connectivity index (χ0v) is 13.1. The average molecular weight is 298 g/mol. The molecule has 4 nitrogen and oxygen atoms in total. The number of rotatable bonds is 1. The number of methoxy groups -OCH3 is 1. The van der Waals surface area contributed by atoms with Crippen LogP contribution in [0.25, 0.3) is 5.70 Å². The molecule has 1 aliphatic carbocycles. The Hall–Kier alpha value is -2.01. The van der Waals surface area contributed by atoms with Crippen LogP contribution >= 0.6 is 12.6 Å². The summed E-state index contributed by atoms with van der Waals surface area (Å²) in [5.41, 5.74) is 3.33. The highest BCUT2D eigenvalue weighted by atomic mass is 32.1. The molecule has 0 N–H and O–H groups in total. The topological polar surface area (TPSA) is 30.3 Å². The molecule has 3 heterocycles. The fourth-order valence-electron chi connectivity index (χ4n) is 3.86. The summed E-state index contributed by atoms with van der Waals surface area (Å²) in [5, 5.41) is 0.741. The van der Waals surface area contributed by atoms with Crippen LogP contribution in [0.15, 0.2) is 52.6 Å². The Morgan fingerprint density at radius 3 is 2.90 bits per heavy atom. The van der Waals surface area contributed by atoms with Crippen molar-refractivity contribution in [1.29, 1.82) is 0 Å². The van der Waals surface area contributed by atoms with E-state index in [0.29, 0.717) is 0 Å². The van der Waals surface area contributed by atoms with Crippen LogP contribution in [0.1, 0.15) is 20.3 Å². The first-order valence-corrected chi connectivity index (χ1v) is 7.37. The third kappa shape index (κ3) is 1.37. The maximum absolute atomic E-state index is 5.63. The van der Waals surface area contributed by atoms with Crippen molar-refractivity contribution in [2.45, 2.75) is 30.8 Å². The molecule has 1 unspecified atom stereocenters. The fraction of sp³-hybridized carbons (Fsp3) is 0.312. The minimum Gasteiger partial charge on any atom is -0.496 e. The highest BCUT2D eigenvalue weighted by Gasteiger charge is 2.51. The zero-order valence-electron chi connectivity index (χ0n) is 12.3. The van der Waals surface area contributed by atoms with Crippen LogP contribution < -0.4 is 4.90 Å². The SMILES string of the molecule is COC1=C(C)CC23C=CC=CN2c2ncc([S])n2C3=C1C. The lowest BCUT2D eigenvalue weighted by atomic mass is 9.78. The van der Waals surface area contributed by atoms with Crippen molar-refractivity contribution in [3.63, 3.8) is 0 Å². The summed E-state index contributed by atoms with van der Waals surface area (Å²) in [7, 11) is 1.73. The Kier molecular flexibility index (Phi) is 2.43. The highest BCUT2D eigenvalue weighted by molar-refractivity contribution is 7.80. The smallest absolute Gasteiger partial charge is 0.216 e. The summed E-state index contributed by atoms with van der Waals surface area (Å²) in [5.74, 6) is 1.86. The van der Waals surface area contributed by atoms with Gasteiger partial charge in [-0.2, -0.15) is 0 Å². The van der Waals surface area contributed by atoms with Crippen molar-refractivity contribution in [3.8, 4) is 0 Å². The lowest BCUT2D eigenvalue weighted by Gasteiger charge is -2.40. The third-order valence-electron chi connectivity index (χ3n) is 4.53. The van der Waals surface area contributed by atoms with E-state index in [9.17, 15) is 0 Å². The van der Waals surface area contributed by atoms with Gasteiger partial charge in [-0.05, 0) is 25.5 Å². The maximum Gasteiger partial charge on any atom is 0.216 e. The van der Waals surface area contributed by atoms with Gasteiger partial charge in [0.25, 0.3) is 0 Å². The fourth-order valence-corrected chi connectivity index (χ4v) is 4.09. The highest BCUT2D eigenvalue weighted by Crippen LogP contribution is 2.53. The van der Waals surface area contributed by atoms with E-state index >= 15 is 0 Å². The van der Waals surface area contributed by atoms with Gasteiger partial charge in [0.1, 0.15) is 16.3 Å². The molecule has 1 radical (unpaired) electrons. The summed E-state index contributed by atoms with van der Waals surface area (Å²) in [6.45, 7) is 4.24. The molecule has 0 amide bonds. The molecule has 0 aromatic carbocycles. The second-order valence-corrected chi connectivity index (χ2v) is 6.11. The molecule has 1 aromatic rings. The number of allylic oxidation sites excluding steroid dienone is 3.